The maximum atomic E-state index is 12.5. The highest BCUT2D eigenvalue weighted by molar-refractivity contribution is 7.17. The van der Waals surface area contributed by atoms with E-state index in [0.717, 1.165) is 41.6 Å². The van der Waals surface area contributed by atoms with E-state index >= 15 is 0 Å². The third-order valence-electron chi connectivity index (χ3n) is 4.73. The summed E-state index contributed by atoms with van der Waals surface area (Å²) >= 11 is 3.04. The number of aryl methyl sites for hydroxylation is 2. The molecule has 0 saturated heterocycles. The molecule has 0 amide bonds. The number of esters is 1. The molecule has 0 unspecified atom stereocenters. The van der Waals surface area contributed by atoms with Gasteiger partial charge in [-0.05, 0) is 43.9 Å². The van der Waals surface area contributed by atoms with Crippen LogP contribution < -0.4 is 5.56 Å². The van der Waals surface area contributed by atoms with E-state index in [2.05, 4.69) is 9.97 Å². The van der Waals surface area contributed by atoms with Gasteiger partial charge in [0.2, 0.25) is 0 Å². The Balaban J connectivity index is 1.39. The van der Waals surface area contributed by atoms with Crippen molar-refractivity contribution >= 4 is 43.8 Å². The van der Waals surface area contributed by atoms with Gasteiger partial charge in [0.15, 0.2) is 4.96 Å². The van der Waals surface area contributed by atoms with Crippen molar-refractivity contribution in [2.45, 2.75) is 32.3 Å². The third-order valence-corrected chi connectivity index (χ3v) is 6.67. The number of aromatic nitrogens is 3. The van der Waals surface area contributed by atoms with Gasteiger partial charge >= 0.3 is 5.97 Å². The molecule has 0 atom stereocenters. The second kappa shape index (κ2) is 6.54. The van der Waals surface area contributed by atoms with Gasteiger partial charge < -0.3 is 4.74 Å². The van der Waals surface area contributed by atoms with Crippen LogP contribution >= 0.6 is 22.7 Å². The maximum absolute atomic E-state index is 12.5. The van der Waals surface area contributed by atoms with Crippen molar-refractivity contribution in [2.24, 2.45) is 0 Å². The molecule has 0 saturated carbocycles. The van der Waals surface area contributed by atoms with E-state index in [1.54, 1.807) is 39.4 Å². The summed E-state index contributed by atoms with van der Waals surface area (Å²) in [7, 11) is 0. The lowest BCUT2D eigenvalue weighted by Crippen LogP contribution is -2.18. The molecule has 27 heavy (non-hydrogen) atoms. The van der Waals surface area contributed by atoms with Gasteiger partial charge in [0.1, 0.15) is 6.61 Å². The summed E-state index contributed by atoms with van der Waals surface area (Å²) in [6, 6.07) is 6.74. The molecule has 1 aromatic carbocycles. The van der Waals surface area contributed by atoms with Crippen LogP contribution in [0.5, 0.6) is 0 Å². The van der Waals surface area contributed by atoms with Crippen LogP contribution in [0.3, 0.4) is 0 Å². The Morgan fingerprint density at radius 1 is 1.22 bits per heavy atom. The first kappa shape index (κ1) is 16.6. The molecule has 0 aliphatic heterocycles. The summed E-state index contributed by atoms with van der Waals surface area (Å²) in [6.45, 7) is -0.0200. The van der Waals surface area contributed by atoms with Gasteiger partial charge in [0.25, 0.3) is 5.56 Å². The molecule has 3 heterocycles. The van der Waals surface area contributed by atoms with E-state index < -0.39 is 5.97 Å². The van der Waals surface area contributed by atoms with Gasteiger partial charge in [-0.15, -0.1) is 22.7 Å². The Bertz CT molecular complexity index is 1240. The minimum absolute atomic E-state index is 0.0200. The Morgan fingerprint density at radius 2 is 2.11 bits per heavy atom. The van der Waals surface area contributed by atoms with E-state index in [4.69, 9.17) is 4.74 Å². The molecule has 5 rings (SSSR count). The van der Waals surface area contributed by atoms with Crippen LogP contribution in [0, 0.1) is 0 Å². The van der Waals surface area contributed by atoms with Gasteiger partial charge in [-0.3, -0.25) is 9.20 Å². The summed E-state index contributed by atoms with van der Waals surface area (Å²) in [5.41, 5.74) is 4.55. The predicted molar refractivity (Wildman–Crippen MR) is 105 cm³/mol. The number of benzene rings is 1. The van der Waals surface area contributed by atoms with E-state index in [1.165, 1.54) is 22.3 Å². The van der Waals surface area contributed by atoms with Crippen molar-refractivity contribution in [2.75, 3.05) is 0 Å². The molecular formula is C19H15N3O3S2. The standard InChI is InChI=1S/C19H15N3O3S2/c23-17-8-12(21-19-22(17)14-3-1-2-4-15(14)27-19)9-25-18(24)11-5-6-13-16(7-11)26-10-20-13/h5-8,10H,1-4,9H2. The first-order chi connectivity index (χ1) is 13.2. The largest absolute Gasteiger partial charge is 0.456 e. The summed E-state index contributed by atoms with van der Waals surface area (Å²) in [6.07, 6.45) is 4.19. The van der Waals surface area contributed by atoms with Crippen molar-refractivity contribution < 1.29 is 9.53 Å². The zero-order chi connectivity index (χ0) is 18.4. The highest BCUT2D eigenvalue weighted by atomic mass is 32.1. The quantitative estimate of drug-likeness (QED) is 0.494. The minimum atomic E-state index is -0.433. The van der Waals surface area contributed by atoms with Crippen LogP contribution in [-0.4, -0.2) is 20.3 Å². The molecule has 3 aromatic heterocycles. The number of thiazole rings is 2. The number of carbonyl (C=O) groups is 1. The molecule has 0 fully saturated rings. The monoisotopic (exact) mass is 397 g/mol. The number of hydrogen-bond acceptors (Lipinski definition) is 7. The van der Waals surface area contributed by atoms with Crippen LogP contribution in [-0.2, 0) is 24.2 Å². The molecule has 136 valence electrons. The molecule has 4 aromatic rings. The fourth-order valence-corrected chi connectivity index (χ4v) is 5.37. The predicted octanol–water partition coefficient (Wildman–Crippen LogP) is 3.60. The van der Waals surface area contributed by atoms with Crippen LogP contribution in [0.25, 0.3) is 15.2 Å². The summed E-state index contributed by atoms with van der Waals surface area (Å²) < 4.78 is 8.03. The SMILES string of the molecule is O=C(OCc1cc(=O)n2c3c(sc2n1)CCCC3)c1ccc2ncsc2c1. The molecule has 1 aliphatic rings. The maximum Gasteiger partial charge on any atom is 0.338 e. The lowest BCUT2D eigenvalue weighted by Gasteiger charge is -2.10. The first-order valence-corrected chi connectivity index (χ1v) is 10.4. The summed E-state index contributed by atoms with van der Waals surface area (Å²) in [5.74, 6) is -0.433. The van der Waals surface area contributed by atoms with Crippen molar-refractivity contribution in [1.82, 2.24) is 14.4 Å². The number of carbonyl (C=O) groups excluding carboxylic acids is 1. The van der Waals surface area contributed by atoms with E-state index in [1.807, 2.05) is 0 Å². The molecule has 0 bridgehead atoms. The van der Waals surface area contributed by atoms with Gasteiger partial charge in [0.05, 0.1) is 27.0 Å². The summed E-state index contributed by atoms with van der Waals surface area (Å²) in [5, 5.41) is 0. The topological polar surface area (TPSA) is 73.6 Å². The number of ether oxygens (including phenoxy) is 1. The third kappa shape index (κ3) is 2.94. The van der Waals surface area contributed by atoms with Crippen molar-refractivity contribution in [3.8, 4) is 0 Å². The zero-order valence-corrected chi connectivity index (χ0v) is 15.9. The zero-order valence-electron chi connectivity index (χ0n) is 14.3. The van der Waals surface area contributed by atoms with Gasteiger partial charge in [-0.25, -0.2) is 14.8 Å². The average molecular weight is 397 g/mol. The minimum Gasteiger partial charge on any atom is -0.456 e. The van der Waals surface area contributed by atoms with Crippen LogP contribution in [0.15, 0.2) is 34.6 Å². The number of nitrogens with zero attached hydrogens (tertiary/aromatic N) is 3. The Morgan fingerprint density at radius 3 is 3.04 bits per heavy atom. The second-order valence-corrected chi connectivity index (χ2v) is 8.44. The Labute approximate surface area is 162 Å². The van der Waals surface area contributed by atoms with Crippen LogP contribution in [0.2, 0.25) is 0 Å². The second-order valence-electron chi connectivity index (χ2n) is 6.49. The normalized spacial score (nSPS) is 13.8. The molecular weight excluding hydrogens is 382 g/mol. The van der Waals surface area contributed by atoms with Crippen LogP contribution in [0.4, 0.5) is 0 Å². The Hall–Kier alpha value is -2.58. The van der Waals surface area contributed by atoms with Crippen molar-refractivity contribution in [1.29, 1.82) is 0 Å². The molecule has 8 heteroatoms. The van der Waals surface area contributed by atoms with Crippen LogP contribution in [0.1, 0.15) is 39.5 Å². The number of fused-ring (bicyclic) bond motifs is 4. The average Bonchev–Trinajstić information content (AvgIpc) is 3.29. The lowest BCUT2D eigenvalue weighted by molar-refractivity contribution is 0.0468. The van der Waals surface area contributed by atoms with Crippen molar-refractivity contribution in [3.05, 3.63) is 62.0 Å². The smallest absolute Gasteiger partial charge is 0.338 e. The molecule has 6 nitrogen and oxygen atoms in total. The fourth-order valence-electron chi connectivity index (χ4n) is 3.42. The Kier molecular flexibility index (Phi) is 4.02. The van der Waals surface area contributed by atoms with Gasteiger partial charge in [0, 0.05) is 16.6 Å². The van der Waals surface area contributed by atoms with Crippen molar-refractivity contribution in [3.63, 3.8) is 0 Å². The fraction of sp³-hybridized carbons (Fsp3) is 0.263. The van der Waals surface area contributed by atoms with E-state index in [9.17, 15) is 9.59 Å². The number of hydrogen-bond donors (Lipinski definition) is 0. The highest BCUT2D eigenvalue weighted by Crippen LogP contribution is 2.28. The van der Waals surface area contributed by atoms with E-state index in [0.29, 0.717) is 16.2 Å². The molecule has 0 radical (unpaired) electrons. The van der Waals surface area contributed by atoms with Gasteiger partial charge in [-0.2, -0.15) is 0 Å². The molecule has 0 spiro atoms. The number of rotatable bonds is 3. The molecule has 0 N–H and O–H groups in total. The lowest BCUT2D eigenvalue weighted by atomic mass is 10.0. The highest BCUT2D eigenvalue weighted by Gasteiger charge is 2.19. The summed E-state index contributed by atoms with van der Waals surface area (Å²) in [4.78, 5) is 35.6. The molecule has 1 aliphatic carbocycles. The first-order valence-electron chi connectivity index (χ1n) is 8.73. The van der Waals surface area contributed by atoms with E-state index in [-0.39, 0.29) is 12.2 Å². The van der Waals surface area contributed by atoms with Gasteiger partial charge in [-0.1, -0.05) is 0 Å².